The van der Waals surface area contributed by atoms with Crippen LogP contribution in [0.5, 0.6) is 0 Å². The second-order valence-electron chi connectivity index (χ2n) is 7.45. The van der Waals surface area contributed by atoms with Gasteiger partial charge in [0.25, 0.3) is 5.91 Å². The average molecular weight is 374 g/mol. The number of piperazine rings is 1. The summed E-state index contributed by atoms with van der Waals surface area (Å²) < 4.78 is 13.1. The fourth-order valence-electron chi connectivity index (χ4n) is 4.24. The molecule has 3 aliphatic rings. The molecule has 0 unspecified atom stereocenters. The number of benzene rings is 1. The van der Waals surface area contributed by atoms with Crippen LogP contribution in [-0.4, -0.2) is 65.9 Å². The average Bonchev–Trinajstić information content (AvgIpc) is 3.23. The lowest BCUT2D eigenvalue weighted by Gasteiger charge is -2.36. The van der Waals surface area contributed by atoms with Crippen LogP contribution in [0.1, 0.15) is 25.7 Å². The first kappa shape index (κ1) is 17.8. The number of carbonyl (C=O) groups excluding carboxylic acids is 3. The zero-order valence-electron chi connectivity index (χ0n) is 15.1. The van der Waals surface area contributed by atoms with E-state index in [2.05, 4.69) is 10.2 Å². The van der Waals surface area contributed by atoms with Gasteiger partial charge in [-0.25, -0.2) is 9.18 Å². The first-order valence-corrected chi connectivity index (χ1v) is 9.41. The molecule has 1 N–H and O–H groups in total. The smallest absolute Gasteiger partial charge is 0.325 e. The van der Waals surface area contributed by atoms with E-state index < -0.39 is 11.6 Å². The van der Waals surface area contributed by atoms with Crippen LogP contribution in [-0.2, 0) is 9.59 Å². The van der Waals surface area contributed by atoms with Crippen LogP contribution in [0.2, 0.25) is 0 Å². The number of anilines is 1. The number of urea groups is 1. The summed E-state index contributed by atoms with van der Waals surface area (Å²) in [6.07, 6.45) is 3.13. The number of hydrogen-bond donors (Lipinski definition) is 1. The Morgan fingerprint density at radius 3 is 2.30 bits per heavy atom. The number of halogens is 1. The molecular formula is C19H23FN4O3. The minimum Gasteiger partial charge on any atom is -0.368 e. The van der Waals surface area contributed by atoms with Crippen molar-refractivity contribution in [1.29, 1.82) is 0 Å². The molecule has 144 valence electrons. The summed E-state index contributed by atoms with van der Waals surface area (Å²) in [5.74, 6) is -0.753. The van der Waals surface area contributed by atoms with Gasteiger partial charge in [0.15, 0.2) is 0 Å². The number of imide groups is 1. The third-order valence-corrected chi connectivity index (χ3v) is 5.82. The molecule has 0 aromatic heterocycles. The molecule has 1 saturated carbocycles. The molecule has 2 heterocycles. The normalized spacial score (nSPS) is 21.9. The van der Waals surface area contributed by atoms with Gasteiger partial charge >= 0.3 is 6.03 Å². The summed E-state index contributed by atoms with van der Waals surface area (Å²) in [4.78, 5) is 42.3. The fourth-order valence-corrected chi connectivity index (χ4v) is 4.24. The summed E-state index contributed by atoms with van der Waals surface area (Å²) in [6, 6.07) is 5.83. The zero-order valence-corrected chi connectivity index (χ0v) is 15.1. The van der Waals surface area contributed by atoms with Crippen molar-refractivity contribution in [2.45, 2.75) is 31.2 Å². The summed E-state index contributed by atoms with van der Waals surface area (Å²) in [5.41, 5.74) is 0.138. The molecule has 1 aromatic rings. The topological polar surface area (TPSA) is 73.0 Å². The predicted molar refractivity (Wildman–Crippen MR) is 96.6 cm³/mol. The van der Waals surface area contributed by atoms with E-state index in [0.29, 0.717) is 39.0 Å². The highest BCUT2D eigenvalue weighted by Gasteiger charge is 2.52. The molecule has 0 bridgehead atoms. The number of nitrogens with zero attached hydrogens (tertiary/aromatic N) is 3. The maximum atomic E-state index is 13.1. The van der Waals surface area contributed by atoms with Gasteiger partial charge in [-0.15, -0.1) is 0 Å². The third-order valence-electron chi connectivity index (χ3n) is 5.82. The number of amides is 4. The molecule has 27 heavy (non-hydrogen) atoms. The van der Waals surface area contributed by atoms with Crippen molar-refractivity contribution in [3.63, 3.8) is 0 Å². The van der Waals surface area contributed by atoms with E-state index in [1.165, 1.54) is 12.1 Å². The Morgan fingerprint density at radius 1 is 1.04 bits per heavy atom. The maximum Gasteiger partial charge on any atom is 0.325 e. The number of carbonyl (C=O) groups is 3. The molecule has 8 heteroatoms. The molecule has 0 radical (unpaired) electrons. The van der Waals surface area contributed by atoms with Gasteiger partial charge in [0.05, 0.1) is 0 Å². The number of nitrogens with one attached hydrogen (secondary N) is 1. The molecule has 1 aliphatic carbocycles. The van der Waals surface area contributed by atoms with Gasteiger partial charge in [-0.05, 0) is 37.1 Å². The van der Waals surface area contributed by atoms with Gasteiger partial charge in [0.2, 0.25) is 5.91 Å². The second kappa shape index (κ2) is 6.83. The van der Waals surface area contributed by atoms with Gasteiger partial charge in [-0.2, -0.15) is 0 Å². The minimum absolute atomic E-state index is 0.205. The SMILES string of the molecule is O=C(CN1C(=O)NC2(CCCC2)C1=O)N1CCN(c2ccc(F)cc2)CC1. The maximum absolute atomic E-state index is 13.1. The molecule has 2 saturated heterocycles. The largest absolute Gasteiger partial charge is 0.368 e. The third kappa shape index (κ3) is 3.24. The Kier molecular flexibility index (Phi) is 4.49. The highest BCUT2D eigenvalue weighted by Crippen LogP contribution is 2.35. The minimum atomic E-state index is -0.779. The van der Waals surface area contributed by atoms with Gasteiger partial charge in [0, 0.05) is 31.9 Å². The van der Waals surface area contributed by atoms with Crippen LogP contribution < -0.4 is 10.2 Å². The van der Waals surface area contributed by atoms with Gasteiger partial charge in [-0.1, -0.05) is 12.8 Å². The van der Waals surface area contributed by atoms with Gasteiger partial charge in [0.1, 0.15) is 17.9 Å². The monoisotopic (exact) mass is 374 g/mol. The first-order valence-electron chi connectivity index (χ1n) is 9.41. The summed E-state index contributed by atoms with van der Waals surface area (Å²) in [6.45, 7) is 2.06. The van der Waals surface area contributed by atoms with Gasteiger partial charge in [-0.3, -0.25) is 14.5 Å². The van der Waals surface area contributed by atoms with Crippen molar-refractivity contribution in [3.05, 3.63) is 30.1 Å². The molecule has 1 spiro atoms. The Labute approximate surface area is 157 Å². The standard InChI is InChI=1S/C19H23FN4O3/c20-14-3-5-15(6-4-14)22-9-11-23(12-10-22)16(25)13-24-17(26)19(21-18(24)27)7-1-2-8-19/h3-6H,1-2,7-13H2,(H,21,27). The summed E-state index contributed by atoms with van der Waals surface area (Å²) in [7, 11) is 0. The van der Waals surface area contributed by atoms with Crippen molar-refractivity contribution in [2.24, 2.45) is 0 Å². The lowest BCUT2D eigenvalue weighted by atomic mass is 9.98. The van der Waals surface area contributed by atoms with E-state index in [-0.39, 0.29) is 24.2 Å². The first-order chi connectivity index (χ1) is 13.0. The van der Waals surface area contributed by atoms with E-state index in [9.17, 15) is 18.8 Å². The van der Waals surface area contributed by atoms with E-state index in [1.54, 1.807) is 17.0 Å². The quantitative estimate of drug-likeness (QED) is 0.811. The Morgan fingerprint density at radius 2 is 1.67 bits per heavy atom. The van der Waals surface area contributed by atoms with E-state index >= 15 is 0 Å². The molecule has 7 nitrogen and oxygen atoms in total. The zero-order chi connectivity index (χ0) is 19.0. The molecule has 0 atom stereocenters. The molecular weight excluding hydrogens is 351 g/mol. The Balaban J connectivity index is 1.34. The molecule has 4 rings (SSSR count). The van der Waals surface area contributed by atoms with Crippen LogP contribution in [0.25, 0.3) is 0 Å². The van der Waals surface area contributed by atoms with Crippen LogP contribution in [0.15, 0.2) is 24.3 Å². The van der Waals surface area contributed by atoms with Gasteiger partial charge < -0.3 is 15.1 Å². The number of hydrogen-bond acceptors (Lipinski definition) is 4. The highest BCUT2D eigenvalue weighted by molar-refractivity contribution is 6.09. The van der Waals surface area contributed by atoms with E-state index in [1.807, 2.05) is 0 Å². The van der Waals surface area contributed by atoms with Crippen LogP contribution in [0.3, 0.4) is 0 Å². The summed E-state index contributed by atoms with van der Waals surface area (Å²) in [5, 5.41) is 2.80. The lowest BCUT2D eigenvalue weighted by molar-refractivity contribution is -0.139. The Hall–Kier alpha value is -2.64. The lowest BCUT2D eigenvalue weighted by Crippen LogP contribution is -2.52. The van der Waals surface area contributed by atoms with Crippen molar-refractivity contribution >= 4 is 23.5 Å². The van der Waals surface area contributed by atoms with E-state index in [4.69, 9.17) is 0 Å². The van der Waals surface area contributed by atoms with Crippen molar-refractivity contribution in [3.8, 4) is 0 Å². The van der Waals surface area contributed by atoms with Crippen LogP contribution in [0, 0.1) is 5.82 Å². The predicted octanol–water partition coefficient (Wildman–Crippen LogP) is 1.34. The van der Waals surface area contributed by atoms with Crippen molar-refractivity contribution < 1.29 is 18.8 Å². The summed E-state index contributed by atoms with van der Waals surface area (Å²) >= 11 is 0. The van der Waals surface area contributed by atoms with Crippen LogP contribution >= 0.6 is 0 Å². The van der Waals surface area contributed by atoms with Crippen molar-refractivity contribution in [2.75, 3.05) is 37.6 Å². The fraction of sp³-hybridized carbons (Fsp3) is 0.526. The molecule has 3 fully saturated rings. The highest BCUT2D eigenvalue weighted by atomic mass is 19.1. The van der Waals surface area contributed by atoms with E-state index in [0.717, 1.165) is 23.4 Å². The Bertz CT molecular complexity index is 753. The molecule has 1 aromatic carbocycles. The number of rotatable bonds is 3. The molecule has 2 aliphatic heterocycles. The molecule has 4 amide bonds. The second-order valence-corrected chi connectivity index (χ2v) is 7.45. The van der Waals surface area contributed by atoms with Crippen LogP contribution in [0.4, 0.5) is 14.9 Å². The van der Waals surface area contributed by atoms with Crippen molar-refractivity contribution in [1.82, 2.24) is 15.1 Å².